The number of fused-ring (bicyclic) bond motifs is 1. The molecule has 1 atom stereocenters. The number of methoxy groups -OCH3 is 3. The van der Waals surface area contributed by atoms with Crippen molar-refractivity contribution < 1.29 is 33.0 Å². The summed E-state index contributed by atoms with van der Waals surface area (Å²) in [6, 6.07) is 23.0. The Morgan fingerprint density at radius 1 is 0.756 bits per heavy atom. The third kappa shape index (κ3) is 7.69. The molecule has 45 heavy (non-hydrogen) atoms. The maximum absolute atomic E-state index is 12.2. The molecular formula is C35H43NO8Si. The average molecular weight is 634 g/mol. The number of hydrogen-bond donors (Lipinski definition) is 0. The molecule has 0 saturated carbocycles. The van der Waals surface area contributed by atoms with Crippen molar-refractivity contribution in [3.8, 4) is 28.7 Å². The highest BCUT2D eigenvalue weighted by Gasteiger charge is 2.42. The van der Waals surface area contributed by atoms with Crippen LogP contribution in [-0.4, -0.2) is 41.1 Å². The third-order valence-corrected chi connectivity index (χ3v) is 12.7. The van der Waals surface area contributed by atoms with E-state index in [0.29, 0.717) is 45.1 Å². The molecular weight excluding hydrogens is 590 g/mol. The highest BCUT2D eigenvalue weighted by atomic mass is 28.4. The van der Waals surface area contributed by atoms with Crippen molar-refractivity contribution in [2.75, 3.05) is 27.9 Å². The predicted molar refractivity (Wildman–Crippen MR) is 178 cm³/mol. The molecule has 1 unspecified atom stereocenters. The SMILES string of the molecule is COc1cc(OC)c2cc(C(C[N+](=O)[O-])O[Si](C)(C)C(C)(C)C)c(OCc3ccccc3)c(OCc3ccccc3)c2c1OC. The highest BCUT2D eigenvalue weighted by Crippen LogP contribution is 2.53. The summed E-state index contributed by atoms with van der Waals surface area (Å²) in [6.45, 7) is 10.4. The van der Waals surface area contributed by atoms with Gasteiger partial charge in [0, 0.05) is 21.9 Å². The van der Waals surface area contributed by atoms with Gasteiger partial charge in [-0.2, -0.15) is 0 Å². The van der Waals surface area contributed by atoms with Crippen LogP contribution in [0.25, 0.3) is 10.8 Å². The van der Waals surface area contributed by atoms with E-state index >= 15 is 0 Å². The largest absolute Gasteiger partial charge is 0.496 e. The van der Waals surface area contributed by atoms with Crippen LogP contribution in [0.3, 0.4) is 0 Å². The first-order valence-corrected chi connectivity index (χ1v) is 17.7. The number of rotatable bonds is 14. The topological polar surface area (TPSA) is 98.5 Å². The van der Waals surface area contributed by atoms with Gasteiger partial charge in [0.15, 0.2) is 31.3 Å². The Labute approximate surface area is 266 Å². The van der Waals surface area contributed by atoms with Gasteiger partial charge >= 0.3 is 0 Å². The van der Waals surface area contributed by atoms with Gasteiger partial charge in [-0.25, -0.2) is 0 Å². The lowest BCUT2D eigenvalue weighted by atomic mass is 9.98. The Balaban J connectivity index is 2.07. The van der Waals surface area contributed by atoms with E-state index in [2.05, 4.69) is 33.9 Å². The lowest BCUT2D eigenvalue weighted by Crippen LogP contribution is -2.43. The molecule has 4 rings (SSSR count). The number of benzene rings is 4. The fourth-order valence-electron chi connectivity index (χ4n) is 4.84. The van der Waals surface area contributed by atoms with Crippen molar-refractivity contribution in [2.24, 2.45) is 0 Å². The third-order valence-electron chi connectivity index (χ3n) is 8.24. The van der Waals surface area contributed by atoms with E-state index in [1.54, 1.807) is 27.4 Å². The summed E-state index contributed by atoms with van der Waals surface area (Å²) >= 11 is 0. The molecule has 0 aliphatic heterocycles. The molecule has 0 aromatic heterocycles. The van der Waals surface area contributed by atoms with Crippen molar-refractivity contribution in [3.63, 3.8) is 0 Å². The Morgan fingerprint density at radius 2 is 1.29 bits per heavy atom. The number of ether oxygens (including phenoxy) is 5. The van der Waals surface area contributed by atoms with Crippen LogP contribution >= 0.6 is 0 Å². The van der Waals surface area contributed by atoms with Gasteiger partial charge in [0.2, 0.25) is 6.54 Å². The fraction of sp³-hybridized carbons (Fsp3) is 0.371. The summed E-state index contributed by atoms with van der Waals surface area (Å²) in [7, 11) is 2.15. The van der Waals surface area contributed by atoms with Gasteiger partial charge in [-0.1, -0.05) is 81.4 Å². The first-order valence-electron chi connectivity index (χ1n) is 14.8. The molecule has 10 heteroatoms. The van der Waals surface area contributed by atoms with Crippen LogP contribution in [0.4, 0.5) is 0 Å². The van der Waals surface area contributed by atoms with Gasteiger partial charge in [0.1, 0.15) is 25.1 Å². The minimum Gasteiger partial charge on any atom is -0.496 e. The standard InChI is InChI=1S/C35H43NO8Si/c1-35(2,3)45(7,8)44-30(21-36(37)38)27-19-26-28(39-4)20-29(40-5)33(41-6)31(26)34(43-23-25-17-13-10-14-18-25)32(27)42-22-24-15-11-9-12-16-24/h9-20,30H,21-23H2,1-8H3. The zero-order valence-electron chi connectivity index (χ0n) is 27.3. The summed E-state index contributed by atoms with van der Waals surface area (Å²) in [6.07, 6.45) is -0.937. The molecule has 4 aromatic carbocycles. The summed E-state index contributed by atoms with van der Waals surface area (Å²) in [5.74, 6) is 2.02. The smallest absolute Gasteiger partial charge is 0.232 e. The quantitative estimate of drug-likeness (QED) is 0.0776. The van der Waals surface area contributed by atoms with Gasteiger partial charge in [0.05, 0.1) is 26.7 Å². The molecule has 0 radical (unpaired) electrons. The van der Waals surface area contributed by atoms with Crippen molar-refractivity contribution >= 4 is 19.1 Å². The molecule has 240 valence electrons. The minimum atomic E-state index is -2.51. The van der Waals surface area contributed by atoms with Crippen LogP contribution in [0.1, 0.15) is 43.6 Å². The first-order chi connectivity index (χ1) is 21.4. The molecule has 9 nitrogen and oxygen atoms in total. The predicted octanol–water partition coefficient (Wildman–Crippen LogP) is 8.36. The van der Waals surface area contributed by atoms with Gasteiger partial charge < -0.3 is 28.1 Å². The lowest BCUT2D eigenvalue weighted by Gasteiger charge is -2.38. The molecule has 0 aliphatic rings. The molecule has 0 fully saturated rings. The van der Waals surface area contributed by atoms with E-state index in [4.69, 9.17) is 28.1 Å². The van der Waals surface area contributed by atoms with Crippen LogP contribution in [-0.2, 0) is 17.6 Å². The van der Waals surface area contributed by atoms with E-state index in [1.807, 2.05) is 66.7 Å². The van der Waals surface area contributed by atoms with Crippen LogP contribution in [0.5, 0.6) is 28.7 Å². The Bertz CT molecular complexity index is 1600. The highest BCUT2D eigenvalue weighted by molar-refractivity contribution is 6.74. The molecule has 0 amide bonds. The molecule has 0 aliphatic carbocycles. The summed E-state index contributed by atoms with van der Waals surface area (Å²) in [5.41, 5.74) is 2.34. The fourth-order valence-corrected chi connectivity index (χ4v) is 6.11. The second-order valence-electron chi connectivity index (χ2n) is 12.3. The van der Waals surface area contributed by atoms with E-state index < -0.39 is 21.0 Å². The van der Waals surface area contributed by atoms with E-state index in [9.17, 15) is 10.1 Å². The maximum Gasteiger partial charge on any atom is 0.232 e. The van der Waals surface area contributed by atoms with Gasteiger partial charge in [0.25, 0.3) is 0 Å². The molecule has 0 saturated heterocycles. The minimum absolute atomic E-state index is 0.190. The lowest BCUT2D eigenvalue weighted by molar-refractivity contribution is -0.490. The Kier molecular flexibility index (Phi) is 10.6. The maximum atomic E-state index is 12.2. The van der Waals surface area contributed by atoms with Crippen molar-refractivity contribution in [2.45, 2.75) is 58.2 Å². The van der Waals surface area contributed by atoms with Crippen molar-refractivity contribution in [3.05, 3.63) is 99.6 Å². The summed E-state index contributed by atoms with van der Waals surface area (Å²) in [5, 5.41) is 13.2. The average Bonchev–Trinajstić information content (AvgIpc) is 3.01. The van der Waals surface area contributed by atoms with E-state index in [0.717, 1.165) is 11.1 Å². The Morgan fingerprint density at radius 3 is 1.76 bits per heavy atom. The van der Waals surface area contributed by atoms with Crippen LogP contribution in [0, 0.1) is 10.1 Å². The van der Waals surface area contributed by atoms with Crippen LogP contribution in [0.15, 0.2) is 72.8 Å². The van der Waals surface area contributed by atoms with Gasteiger partial charge in [-0.05, 0) is 35.3 Å². The van der Waals surface area contributed by atoms with Gasteiger partial charge in [-0.3, -0.25) is 10.1 Å². The molecule has 0 heterocycles. The van der Waals surface area contributed by atoms with E-state index in [1.165, 1.54) is 0 Å². The summed E-state index contributed by atoms with van der Waals surface area (Å²) in [4.78, 5) is 11.8. The van der Waals surface area contributed by atoms with E-state index in [-0.39, 0.29) is 23.2 Å². The van der Waals surface area contributed by atoms with Gasteiger partial charge in [-0.15, -0.1) is 0 Å². The zero-order valence-corrected chi connectivity index (χ0v) is 28.3. The molecule has 0 N–H and O–H groups in total. The second-order valence-corrected chi connectivity index (χ2v) is 17.0. The van der Waals surface area contributed by atoms with Crippen molar-refractivity contribution in [1.29, 1.82) is 0 Å². The first kappa shape index (κ1) is 33.6. The second kappa shape index (κ2) is 14.2. The molecule has 0 spiro atoms. The van der Waals surface area contributed by atoms with Crippen LogP contribution < -0.4 is 23.7 Å². The number of nitro groups is 1. The molecule has 4 aromatic rings. The Hall–Kier alpha value is -4.28. The zero-order chi connectivity index (χ0) is 32.8. The molecule has 0 bridgehead atoms. The number of nitrogens with zero attached hydrogens (tertiary/aromatic N) is 1. The summed E-state index contributed by atoms with van der Waals surface area (Å²) < 4.78 is 37.5. The van der Waals surface area contributed by atoms with Crippen LogP contribution in [0.2, 0.25) is 18.1 Å². The van der Waals surface area contributed by atoms with Crippen molar-refractivity contribution in [1.82, 2.24) is 0 Å². The monoisotopic (exact) mass is 633 g/mol. The number of hydrogen-bond acceptors (Lipinski definition) is 8. The normalized spacial score (nSPS) is 12.4.